The second-order valence-corrected chi connectivity index (χ2v) is 8.39. The Bertz CT molecular complexity index is 898. The fourth-order valence-corrected chi connectivity index (χ4v) is 3.48. The van der Waals surface area contributed by atoms with Crippen LogP contribution in [0.2, 0.25) is 5.02 Å². The number of halogens is 2. The Kier molecular flexibility index (Phi) is 9.15. The zero-order chi connectivity index (χ0) is 23.0. The predicted octanol–water partition coefficient (Wildman–Crippen LogP) is 6.58. The van der Waals surface area contributed by atoms with E-state index in [9.17, 15) is 0 Å². The van der Waals surface area contributed by atoms with Crippen LogP contribution in [0.25, 0.3) is 0 Å². The summed E-state index contributed by atoms with van der Waals surface area (Å²) in [5.74, 6) is 3.03. The van der Waals surface area contributed by atoms with Gasteiger partial charge in [0, 0.05) is 12.5 Å². The van der Waals surface area contributed by atoms with Crippen LogP contribution in [0, 0.1) is 6.92 Å². The molecule has 0 aromatic heterocycles. The van der Waals surface area contributed by atoms with Crippen molar-refractivity contribution in [2.24, 2.45) is 0 Å². The molecule has 168 valence electrons. The predicted molar refractivity (Wildman–Crippen MR) is 130 cm³/mol. The second kappa shape index (κ2) is 11.4. The van der Waals surface area contributed by atoms with Gasteiger partial charge in [0.25, 0.3) is 0 Å². The van der Waals surface area contributed by atoms with Crippen molar-refractivity contribution >= 4 is 23.2 Å². The molecule has 0 saturated heterocycles. The normalized spacial score (nSPS) is 11.8. The van der Waals surface area contributed by atoms with Crippen LogP contribution in [-0.2, 0) is 10.2 Å². The highest BCUT2D eigenvalue weighted by molar-refractivity contribution is 6.32. The van der Waals surface area contributed by atoms with Crippen LogP contribution in [0.15, 0.2) is 60.7 Å². The summed E-state index contributed by atoms with van der Waals surface area (Å²) in [5, 5.41) is 3.45. The topological polar surface area (TPSA) is 39.7 Å². The van der Waals surface area contributed by atoms with Crippen molar-refractivity contribution in [3.63, 3.8) is 0 Å². The molecule has 0 fully saturated rings. The molecule has 2 aromatic carbocycles. The van der Waals surface area contributed by atoms with Crippen LogP contribution >= 0.6 is 23.2 Å². The first kappa shape index (κ1) is 25.0. The SMILES string of the molecule is C=C(NC)O/C(=C\C)COc1ccc(C(C)(C)c2cc(C)c(OCCCl)c(Cl)c2)cc1. The molecule has 0 saturated carbocycles. The van der Waals surface area contributed by atoms with Crippen molar-refractivity contribution in [1.82, 2.24) is 5.32 Å². The van der Waals surface area contributed by atoms with Crippen molar-refractivity contribution in [3.05, 3.63) is 82.4 Å². The molecule has 0 bridgehead atoms. The first-order valence-electron chi connectivity index (χ1n) is 10.1. The van der Waals surface area contributed by atoms with E-state index in [2.05, 4.69) is 43.9 Å². The van der Waals surface area contributed by atoms with Crippen LogP contribution < -0.4 is 14.8 Å². The number of hydrogen-bond donors (Lipinski definition) is 1. The molecule has 0 aliphatic carbocycles. The van der Waals surface area contributed by atoms with Gasteiger partial charge in [-0.25, -0.2) is 0 Å². The molecule has 0 aliphatic rings. The van der Waals surface area contributed by atoms with Gasteiger partial charge in [-0.2, -0.15) is 0 Å². The zero-order valence-corrected chi connectivity index (χ0v) is 20.4. The van der Waals surface area contributed by atoms with Gasteiger partial charge in [-0.15, -0.1) is 11.6 Å². The Hall–Kier alpha value is -2.30. The molecule has 31 heavy (non-hydrogen) atoms. The molecule has 0 radical (unpaired) electrons. The molecule has 2 aromatic rings. The minimum Gasteiger partial charge on any atom is -0.491 e. The summed E-state index contributed by atoms with van der Waals surface area (Å²) >= 11 is 12.2. The lowest BCUT2D eigenvalue weighted by Gasteiger charge is -2.27. The Labute approximate surface area is 195 Å². The van der Waals surface area contributed by atoms with E-state index in [0.717, 1.165) is 22.4 Å². The maximum atomic E-state index is 6.50. The maximum absolute atomic E-state index is 6.50. The number of alkyl halides is 1. The minimum atomic E-state index is -0.250. The van der Waals surface area contributed by atoms with E-state index in [1.807, 2.05) is 38.1 Å². The standard InChI is InChI=1S/C25H31Cl2NO3/c1-7-21(31-18(3)28-6)16-30-22-10-8-19(9-11-22)25(4,5)20-14-17(2)24(23(27)15-20)29-13-12-26/h7-11,14-15,28H,3,12-13,16H2,1-2,4-6H3/b21-7-. The Morgan fingerprint density at radius 2 is 1.81 bits per heavy atom. The largest absolute Gasteiger partial charge is 0.491 e. The van der Waals surface area contributed by atoms with E-state index in [1.54, 1.807) is 7.05 Å². The highest BCUT2D eigenvalue weighted by atomic mass is 35.5. The molecule has 6 heteroatoms. The molecule has 0 heterocycles. The fourth-order valence-electron chi connectivity index (χ4n) is 3.09. The maximum Gasteiger partial charge on any atom is 0.185 e. The Balaban J connectivity index is 2.15. The third-order valence-corrected chi connectivity index (χ3v) is 5.52. The van der Waals surface area contributed by atoms with Crippen molar-refractivity contribution in [1.29, 1.82) is 0 Å². The first-order valence-corrected chi connectivity index (χ1v) is 11.1. The molecule has 0 amide bonds. The summed E-state index contributed by atoms with van der Waals surface area (Å²) in [5.41, 5.74) is 3.00. The van der Waals surface area contributed by atoms with E-state index in [0.29, 0.717) is 41.5 Å². The summed E-state index contributed by atoms with van der Waals surface area (Å²) < 4.78 is 17.1. The van der Waals surface area contributed by atoms with Gasteiger partial charge in [0.05, 0.1) is 10.9 Å². The highest BCUT2D eigenvalue weighted by Gasteiger charge is 2.25. The van der Waals surface area contributed by atoms with E-state index < -0.39 is 0 Å². The molecule has 2 rings (SSSR count). The summed E-state index contributed by atoms with van der Waals surface area (Å²) in [6.07, 6.45) is 1.85. The minimum absolute atomic E-state index is 0.250. The van der Waals surface area contributed by atoms with Gasteiger partial charge in [-0.1, -0.05) is 43.6 Å². The molecule has 0 unspecified atom stereocenters. The van der Waals surface area contributed by atoms with Crippen LogP contribution in [0.4, 0.5) is 0 Å². The summed E-state index contributed by atoms with van der Waals surface area (Å²) in [4.78, 5) is 0. The van der Waals surface area contributed by atoms with Crippen LogP contribution in [0.5, 0.6) is 11.5 Å². The first-order chi connectivity index (χ1) is 14.7. The average molecular weight is 464 g/mol. The second-order valence-electron chi connectivity index (χ2n) is 7.61. The summed E-state index contributed by atoms with van der Waals surface area (Å²) in [6.45, 7) is 12.7. The average Bonchev–Trinajstić information content (AvgIpc) is 2.76. The zero-order valence-electron chi connectivity index (χ0n) is 18.9. The molecule has 4 nitrogen and oxygen atoms in total. The van der Waals surface area contributed by atoms with Gasteiger partial charge < -0.3 is 19.5 Å². The summed E-state index contributed by atoms with van der Waals surface area (Å²) in [7, 11) is 1.76. The highest BCUT2D eigenvalue weighted by Crippen LogP contribution is 2.38. The third kappa shape index (κ3) is 6.59. The number of nitrogens with one attached hydrogen (secondary N) is 1. The van der Waals surface area contributed by atoms with E-state index in [4.69, 9.17) is 37.4 Å². The molecule has 1 N–H and O–H groups in total. The number of rotatable bonds is 11. The lowest BCUT2D eigenvalue weighted by Crippen LogP contribution is -2.19. The van der Waals surface area contributed by atoms with Gasteiger partial charge in [-0.3, -0.25) is 0 Å². The van der Waals surface area contributed by atoms with Gasteiger partial charge in [0.2, 0.25) is 0 Å². The molecule has 0 aliphatic heterocycles. The van der Waals surface area contributed by atoms with Crippen molar-refractivity contribution in [2.45, 2.75) is 33.1 Å². The van der Waals surface area contributed by atoms with Gasteiger partial charge in [-0.05, 0) is 61.4 Å². The third-order valence-electron chi connectivity index (χ3n) is 5.09. The van der Waals surface area contributed by atoms with E-state index >= 15 is 0 Å². The van der Waals surface area contributed by atoms with Gasteiger partial charge >= 0.3 is 0 Å². The summed E-state index contributed by atoms with van der Waals surface area (Å²) in [6, 6.07) is 12.1. The van der Waals surface area contributed by atoms with E-state index in [-0.39, 0.29) is 5.41 Å². The molecular formula is C25H31Cl2NO3. The van der Waals surface area contributed by atoms with E-state index in [1.165, 1.54) is 0 Å². The Morgan fingerprint density at radius 1 is 1.13 bits per heavy atom. The van der Waals surface area contributed by atoms with Crippen molar-refractivity contribution < 1.29 is 14.2 Å². The van der Waals surface area contributed by atoms with Crippen LogP contribution in [-0.4, -0.2) is 26.1 Å². The molecule has 0 spiro atoms. The van der Waals surface area contributed by atoms with Gasteiger partial charge in [0.1, 0.15) is 30.5 Å². The van der Waals surface area contributed by atoms with Crippen LogP contribution in [0.3, 0.4) is 0 Å². The Morgan fingerprint density at radius 3 is 2.35 bits per heavy atom. The number of benzene rings is 2. The molecule has 0 atom stereocenters. The van der Waals surface area contributed by atoms with Gasteiger partial charge in [0.15, 0.2) is 5.88 Å². The lowest BCUT2D eigenvalue weighted by atomic mass is 9.77. The fraction of sp³-hybridized carbons (Fsp3) is 0.360. The number of aryl methyl sites for hydroxylation is 1. The monoisotopic (exact) mass is 463 g/mol. The van der Waals surface area contributed by atoms with Crippen molar-refractivity contribution in [2.75, 3.05) is 26.1 Å². The lowest BCUT2D eigenvalue weighted by molar-refractivity contribution is 0.216. The number of allylic oxidation sites excluding steroid dienone is 1. The molecular weight excluding hydrogens is 433 g/mol. The van der Waals surface area contributed by atoms with Crippen LogP contribution in [0.1, 0.15) is 37.5 Å². The number of hydrogen-bond acceptors (Lipinski definition) is 4. The smallest absolute Gasteiger partial charge is 0.185 e. The van der Waals surface area contributed by atoms with Crippen molar-refractivity contribution in [3.8, 4) is 11.5 Å². The number of ether oxygens (including phenoxy) is 3. The quantitative estimate of drug-likeness (QED) is 0.301.